The van der Waals surface area contributed by atoms with Gasteiger partial charge in [0.25, 0.3) is 0 Å². The number of rotatable bonds is 4. The molecule has 1 N–H and O–H groups in total. The third kappa shape index (κ3) is 2.41. The van der Waals surface area contributed by atoms with Gasteiger partial charge in [-0.2, -0.15) is 0 Å². The number of ether oxygens (including phenoxy) is 1. The van der Waals surface area contributed by atoms with Crippen LogP contribution < -0.4 is 10.1 Å². The van der Waals surface area contributed by atoms with E-state index in [2.05, 4.69) is 12.2 Å². The van der Waals surface area contributed by atoms with Gasteiger partial charge >= 0.3 is 0 Å². The Morgan fingerprint density at radius 1 is 1.28 bits per heavy atom. The van der Waals surface area contributed by atoms with E-state index in [0.29, 0.717) is 0 Å². The zero-order chi connectivity index (χ0) is 13.0. The number of methoxy groups -OCH3 is 1. The topological polar surface area (TPSA) is 38.3 Å². The summed E-state index contributed by atoms with van der Waals surface area (Å²) in [6.45, 7) is 4.00. The van der Waals surface area contributed by atoms with Crippen molar-refractivity contribution in [1.82, 2.24) is 5.32 Å². The Labute approximate surface area is 109 Å². The first-order valence-corrected chi connectivity index (χ1v) is 6.61. The van der Waals surface area contributed by atoms with E-state index >= 15 is 0 Å². The summed E-state index contributed by atoms with van der Waals surface area (Å²) < 4.78 is 5.12. The van der Waals surface area contributed by atoms with Gasteiger partial charge in [-0.25, -0.2) is 0 Å². The Morgan fingerprint density at radius 2 is 1.89 bits per heavy atom. The molecule has 1 aromatic rings. The Hall–Kier alpha value is -1.35. The van der Waals surface area contributed by atoms with E-state index in [1.165, 1.54) is 0 Å². The molecule has 0 radical (unpaired) electrons. The maximum Gasteiger partial charge on any atom is 0.169 e. The van der Waals surface area contributed by atoms with E-state index in [-0.39, 0.29) is 11.2 Å². The molecule has 0 bridgehead atoms. The van der Waals surface area contributed by atoms with Gasteiger partial charge in [-0.3, -0.25) is 4.79 Å². The molecule has 0 aliphatic carbocycles. The lowest BCUT2D eigenvalue weighted by atomic mass is 9.71. The van der Waals surface area contributed by atoms with Crippen molar-refractivity contribution >= 4 is 5.78 Å². The molecule has 0 amide bonds. The van der Waals surface area contributed by atoms with Crippen LogP contribution in [0.15, 0.2) is 24.3 Å². The van der Waals surface area contributed by atoms with Crippen LogP contribution in [-0.2, 0) is 0 Å². The van der Waals surface area contributed by atoms with E-state index in [4.69, 9.17) is 4.74 Å². The number of benzene rings is 1. The fraction of sp³-hybridized carbons (Fsp3) is 0.533. The first-order valence-electron chi connectivity index (χ1n) is 6.61. The second-order valence-corrected chi connectivity index (χ2v) is 4.94. The zero-order valence-corrected chi connectivity index (χ0v) is 11.2. The molecule has 0 spiro atoms. The van der Waals surface area contributed by atoms with Crippen molar-refractivity contribution in [2.75, 3.05) is 20.2 Å². The third-order valence-electron chi connectivity index (χ3n) is 4.07. The first kappa shape index (κ1) is 13.1. The molecule has 0 atom stereocenters. The molecule has 3 heteroatoms. The molecule has 1 aliphatic heterocycles. The summed E-state index contributed by atoms with van der Waals surface area (Å²) in [5.74, 6) is 1.08. The van der Waals surface area contributed by atoms with Crippen LogP contribution in [-0.4, -0.2) is 26.0 Å². The van der Waals surface area contributed by atoms with Gasteiger partial charge in [0.05, 0.1) is 7.11 Å². The highest BCUT2D eigenvalue weighted by atomic mass is 16.5. The average Bonchev–Trinajstić information content (AvgIpc) is 2.47. The summed E-state index contributed by atoms with van der Waals surface area (Å²) in [5.41, 5.74) is 0.638. The van der Waals surface area contributed by atoms with Crippen molar-refractivity contribution in [3.8, 4) is 5.75 Å². The van der Waals surface area contributed by atoms with Crippen LogP contribution >= 0.6 is 0 Å². The van der Waals surface area contributed by atoms with Gasteiger partial charge in [0.1, 0.15) is 5.75 Å². The predicted molar refractivity (Wildman–Crippen MR) is 72.2 cm³/mol. The fourth-order valence-corrected chi connectivity index (χ4v) is 2.70. The molecule has 0 saturated carbocycles. The second-order valence-electron chi connectivity index (χ2n) is 4.94. The van der Waals surface area contributed by atoms with Gasteiger partial charge in [-0.05, 0) is 56.6 Å². The number of piperidine rings is 1. The summed E-state index contributed by atoms with van der Waals surface area (Å²) in [4.78, 5) is 12.7. The van der Waals surface area contributed by atoms with Crippen molar-refractivity contribution in [3.05, 3.63) is 29.8 Å². The van der Waals surface area contributed by atoms with E-state index < -0.39 is 0 Å². The van der Waals surface area contributed by atoms with Gasteiger partial charge < -0.3 is 10.1 Å². The third-order valence-corrected chi connectivity index (χ3v) is 4.07. The van der Waals surface area contributed by atoms with Gasteiger partial charge in [-0.1, -0.05) is 6.92 Å². The maximum absolute atomic E-state index is 12.7. The highest BCUT2D eigenvalue weighted by molar-refractivity contribution is 6.00. The number of hydrogen-bond acceptors (Lipinski definition) is 3. The minimum atomic E-state index is -0.167. The molecule has 1 aromatic carbocycles. The van der Waals surface area contributed by atoms with Crippen molar-refractivity contribution in [2.45, 2.75) is 26.2 Å². The zero-order valence-electron chi connectivity index (χ0n) is 11.2. The lowest BCUT2D eigenvalue weighted by molar-refractivity contribution is 0.0717. The van der Waals surface area contributed by atoms with Crippen LogP contribution in [0.5, 0.6) is 5.75 Å². The quantitative estimate of drug-likeness (QED) is 0.831. The van der Waals surface area contributed by atoms with Gasteiger partial charge in [0, 0.05) is 11.0 Å². The SMILES string of the molecule is CCC1(C(=O)c2ccc(OC)cc2)CCNCC1. The molecule has 1 heterocycles. The Bertz CT molecular complexity index is 405. The molecule has 0 aromatic heterocycles. The van der Waals surface area contributed by atoms with Crippen LogP contribution in [0, 0.1) is 5.41 Å². The molecular formula is C15H21NO2. The Balaban J connectivity index is 2.22. The van der Waals surface area contributed by atoms with Crippen molar-refractivity contribution < 1.29 is 9.53 Å². The average molecular weight is 247 g/mol. The lowest BCUT2D eigenvalue weighted by Gasteiger charge is -2.35. The van der Waals surface area contributed by atoms with E-state index in [9.17, 15) is 4.79 Å². The van der Waals surface area contributed by atoms with Gasteiger partial charge in [0.2, 0.25) is 0 Å². The maximum atomic E-state index is 12.7. The summed E-state index contributed by atoms with van der Waals surface area (Å²) >= 11 is 0. The van der Waals surface area contributed by atoms with Crippen molar-refractivity contribution in [1.29, 1.82) is 0 Å². The van der Waals surface area contributed by atoms with Gasteiger partial charge in [-0.15, -0.1) is 0 Å². The minimum Gasteiger partial charge on any atom is -0.497 e. The molecule has 2 rings (SSSR count). The molecular weight excluding hydrogens is 226 g/mol. The number of ketones is 1. The number of nitrogens with one attached hydrogen (secondary N) is 1. The highest BCUT2D eigenvalue weighted by Crippen LogP contribution is 2.36. The number of carbonyl (C=O) groups is 1. The van der Waals surface area contributed by atoms with Crippen LogP contribution in [0.4, 0.5) is 0 Å². The number of hydrogen-bond donors (Lipinski definition) is 1. The standard InChI is InChI=1S/C15H21NO2/c1-3-15(8-10-16-11-9-15)14(17)12-4-6-13(18-2)7-5-12/h4-7,16H,3,8-11H2,1-2H3. The molecule has 3 nitrogen and oxygen atoms in total. The monoisotopic (exact) mass is 247 g/mol. The highest BCUT2D eigenvalue weighted by Gasteiger charge is 2.37. The lowest BCUT2D eigenvalue weighted by Crippen LogP contribution is -2.41. The number of Topliss-reactive ketones (excluding diaryl/α,β-unsaturated/α-hetero) is 1. The normalized spacial score (nSPS) is 18.3. The minimum absolute atomic E-state index is 0.167. The second kappa shape index (κ2) is 5.53. The summed E-state index contributed by atoms with van der Waals surface area (Å²) in [5, 5.41) is 3.33. The van der Waals surface area contributed by atoms with E-state index in [0.717, 1.165) is 43.7 Å². The molecule has 18 heavy (non-hydrogen) atoms. The fourth-order valence-electron chi connectivity index (χ4n) is 2.70. The smallest absolute Gasteiger partial charge is 0.169 e. The van der Waals surface area contributed by atoms with E-state index in [1.54, 1.807) is 7.11 Å². The van der Waals surface area contributed by atoms with Crippen LogP contribution in [0.3, 0.4) is 0 Å². The summed E-state index contributed by atoms with van der Waals surface area (Å²) in [7, 11) is 1.64. The Kier molecular flexibility index (Phi) is 4.02. The van der Waals surface area contributed by atoms with Crippen LogP contribution in [0.2, 0.25) is 0 Å². The molecule has 1 fully saturated rings. The number of carbonyl (C=O) groups excluding carboxylic acids is 1. The van der Waals surface area contributed by atoms with Crippen molar-refractivity contribution in [3.63, 3.8) is 0 Å². The van der Waals surface area contributed by atoms with Crippen molar-refractivity contribution in [2.24, 2.45) is 5.41 Å². The van der Waals surface area contributed by atoms with Gasteiger partial charge in [0.15, 0.2) is 5.78 Å². The largest absolute Gasteiger partial charge is 0.497 e. The summed E-state index contributed by atoms with van der Waals surface area (Å²) in [6, 6.07) is 7.47. The first-order chi connectivity index (χ1) is 8.72. The molecule has 1 saturated heterocycles. The Morgan fingerprint density at radius 3 is 2.39 bits per heavy atom. The molecule has 1 aliphatic rings. The van der Waals surface area contributed by atoms with E-state index in [1.807, 2.05) is 24.3 Å². The molecule has 0 unspecified atom stereocenters. The van der Waals surface area contributed by atoms with Crippen LogP contribution in [0.25, 0.3) is 0 Å². The predicted octanol–water partition coefficient (Wildman–Crippen LogP) is 2.66. The molecule has 98 valence electrons. The summed E-state index contributed by atoms with van der Waals surface area (Å²) in [6.07, 6.45) is 2.79. The van der Waals surface area contributed by atoms with Crippen LogP contribution in [0.1, 0.15) is 36.5 Å².